The summed E-state index contributed by atoms with van der Waals surface area (Å²) < 4.78 is 7.58. The number of hydrogen-bond acceptors (Lipinski definition) is 4. The Kier molecular flexibility index (Phi) is 3.63. The van der Waals surface area contributed by atoms with Gasteiger partial charge in [-0.05, 0) is 26.7 Å². The Morgan fingerprint density at radius 3 is 3.19 bits per heavy atom. The van der Waals surface area contributed by atoms with Crippen molar-refractivity contribution in [3.63, 3.8) is 0 Å². The number of rotatable bonds is 3. The summed E-state index contributed by atoms with van der Waals surface area (Å²) >= 11 is 0. The van der Waals surface area contributed by atoms with Crippen LogP contribution in [0.2, 0.25) is 0 Å². The normalized spacial score (nSPS) is 21.3. The van der Waals surface area contributed by atoms with Crippen LogP contribution in [-0.4, -0.2) is 32.5 Å². The molecular formula is C15H20N4O2. The highest BCUT2D eigenvalue weighted by atomic mass is 16.5. The van der Waals surface area contributed by atoms with Gasteiger partial charge >= 0.3 is 0 Å². The van der Waals surface area contributed by atoms with Crippen LogP contribution >= 0.6 is 0 Å². The molecule has 0 unspecified atom stereocenters. The fourth-order valence-corrected chi connectivity index (χ4v) is 2.80. The first kappa shape index (κ1) is 14.0. The fraction of sp³-hybridized carbons (Fsp3) is 0.533. The summed E-state index contributed by atoms with van der Waals surface area (Å²) in [4.78, 5) is 20.6. The van der Waals surface area contributed by atoms with Crippen molar-refractivity contribution in [2.45, 2.75) is 38.8 Å². The number of amides is 1. The molecular weight excluding hydrogens is 268 g/mol. The first-order valence-corrected chi connectivity index (χ1v) is 7.23. The standard InChI is InChI=1S/C15H20N4O2/c1-15(2)7-11(3-6-21-15)14(20)18-9-12-8-17-13-10-16-4-5-19(12)13/h4-5,8,10-11H,3,6-7,9H2,1-2H3,(H,18,20)/t11-/m0/s1. The molecule has 2 aromatic rings. The van der Waals surface area contributed by atoms with Gasteiger partial charge in [0, 0.05) is 24.9 Å². The van der Waals surface area contributed by atoms with Gasteiger partial charge in [0.25, 0.3) is 0 Å². The number of carbonyl (C=O) groups is 1. The second-order valence-corrected chi connectivity index (χ2v) is 6.07. The maximum Gasteiger partial charge on any atom is 0.223 e. The largest absolute Gasteiger partial charge is 0.376 e. The Morgan fingerprint density at radius 1 is 1.52 bits per heavy atom. The van der Waals surface area contributed by atoms with Crippen molar-refractivity contribution >= 4 is 11.6 Å². The third kappa shape index (κ3) is 3.05. The van der Waals surface area contributed by atoms with E-state index in [9.17, 15) is 4.79 Å². The van der Waals surface area contributed by atoms with E-state index in [1.54, 1.807) is 18.6 Å². The molecule has 2 aromatic heterocycles. The Balaban J connectivity index is 1.63. The Hall–Kier alpha value is -1.95. The lowest BCUT2D eigenvalue weighted by Crippen LogP contribution is -2.41. The molecule has 6 heteroatoms. The van der Waals surface area contributed by atoms with Crippen molar-refractivity contribution in [2.75, 3.05) is 6.61 Å². The van der Waals surface area contributed by atoms with E-state index in [2.05, 4.69) is 15.3 Å². The van der Waals surface area contributed by atoms with E-state index < -0.39 is 0 Å². The number of imidazole rings is 1. The number of nitrogens with one attached hydrogen (secondary N) is 1. The molecule has 0 spiro atoms. The van der Waals surface area contributed by atoms with Crippen molar-refractivity contribution in [3.8, 4) is 0 Å². The molecule has 21 heavy (non-hydrogen) atoms. The number of ether oxygens (including phenoxy) is 1. The molecule has 3 rings (SSSR count). The Labute approximate surface area is 123 Å². The molecule has 0 radical (unpaired) electrons. The molecule has 0 bridgehead atoms. The van der Waals surface area contributed by atoms with Crippen LogP contribution in [0, 0.1) is 5.92 Å². The molecule has 1 fully saturated rings. The van der Waals surface area contributed by atoms with Crippen molar-refractivity contribution in [1.29, 1.82) is 0 Å². The number of carbonyl (C=O) groups excluding carboxylic acids is 1. The van der Waals surface area contributed by atoms with Crippen LogP contribution in [0.15, 0.2) is 24.8 Å². The first-order chi connectivity index (χ1) is 10.1. The predicted molar refractivity (Wildman–Crippen MR) is 77.6 cm³/mol. The maximum absolute atomic E-state index is 12.3. The molecule has 0 aliphatic carbocycles. The molecule has 6 nitrogen and oxygen atoms in total. The van der Waals surface area contributed by atoms with Crippen LogP contribution in [0.3, 0.4) is 0 Å². The zero-order chi connectivity index (χ0) is 14.9. The van der Waals surface area contributed by atoms with Gasteiger partial charge < -0.3 is 10.1 Å². The molecule has 1 aliphatic rings. The minimum absolute atomic E-state index is 0.0228. The van der Waals surface area contributed by atoms with Gasteiger partial charge in [-0.25, -0.2) is 4.98 Å². The number of nitrogens with zero attached hydrogens (tertiary/aromatic N) is 3. The number of aromatic nitrogens is 3. The van der Waals surface area contributed by atoms with Crippen molar-refractivity contribution in [3.05, 3.63) is 30.5 Å². The SMILES string of the molecule is CC1(C)C[C@@H](C(=O)NCc2cnc3cnccn23)CCO1. The van der Waals surface area contributed by atoms with Gasteiger partial charge in [-0.3, -0.25) is 14.2 Å². The van der Waals surface area contributed by atoms with Gasteiger partial charge in [0.2, 0.25) is 5.91 Å². The summed E-state index contributed by atoms with van der Waals surface area (Å²) in [6.45, 7) is 5.18. The average Bonchev–Trinajstić information content (AvgIpc) is 2.87. The smallest absolute Gasteiger partial charge is 0.223 e. The van der Waals surface area contributed by atoms with E-state index in [0.717, 1.165) is 24.2 Å². The molecule has 112 valence electrons. The van der Waals surface area contributed by atoms with E-state index >= 15 is 0 Å². The lowest BCUT2D eigenvalue weighted by atomic mass is 9.88. The highest BCUT2D eigenvalue weighted by Crippen LogP contribution is 2.28. The van der Waals surface area contributed by atoms with Gasteiger partial charge in [0.15, 0.2) is 5.65 Å². The summed E-state index contributed by atoms with van der Waals surface area (Å²) in [5.41, 5.74) is 1.52. The topological polar surface area (TPSA) is 68.5 Å². The van der Waals surface area contributed by atoms with Crippen LogP contribution in [0.4, 0.5) is 0 Å². The highest BCUT2D eigenvalue weighted by Gasteiger charge is 2.32. The molecule has 1 atom stereocenters. The number of fused-ring (bicyclic) bond motifs is 1. The van der Waals surface area contributed by atoms with Gasteiger partial charge in [-0.15, -0.1) is 0 Å². The van der Waals surface area contributed by atoms with Gasteiger partial charge in [0.05, 0.1) is 30.2 Å². The van der Waals surface area contributed by atoms with E-state index in [0.29, 0.717) is 13.2 Å². The van der Waals surface area contributed by atoms with E-state index in [1.165, 1.54) is 0 Å². The maximum atomic E-state index is 12.3. The summed E-state index contributed by atoms with van der Waals surface area (Å²) in [5.74, 6) is 0.116. The van der Waals surface area contributed by atoms with Crippen molar-refractivity contribution in [1.82, 2.24) is 19.7 Å². The highest BCUT2D eigenvalue weighted by molar-refractivity contribution is 5.78. The Bertz CT molecular complexity index is 650. The Morgan fingerprint density at radius 2 is 2.38 bits per heavy atom. The van der Waals surface area contributed by atoms with E-state index in [4.69, 9.17) is 4.74 Å². The molecule has 0 aromatic carbocycles. The molecule has 1 saturated heterocycles. The van der Waals surface area contributed by atoms with Crippen molar-refractivity contribution < 1.29 is 9.53 Å². The van der Waals surface area contributed by atoms with Crippen molar-refractivity contribution in [2.24, 2.45) is 5.92 Å². The van der Waals surface area contributed by atoms with Gasteiger partial charge in [-0.2, -0.15) is 0 Å². The van der Waals surface area contributed by atoms with Crippen LogP contribution < -0.4 is 5.32 Å². The van der Waals surface area contributed by atoms with Gasteiger partial charge in [0.1, 0.15) is 0 Å². The zero-order valence-electron chi connectivity index (χ0n) is 12.4. The van der Waals surface area contributed by atoms with Crippen LogP contribution in [-0.2, 0) is 16.1 Å². The molecule has 0 saturated carbocycles. The lowest BCUT2D eigenvalue weighted by molar-refractivity contribution is -0.135. The summed E-state index contributed by atoms with van der Waals surface area (Å²) in [7, 11) is 0. The van der Waals surface area contributed by atoms with E-state index in [1.807, 2.05) is 24.4 Å². The van der Waals surface area contributed by atoms with Crippen LogP contribution in [0.25, 0.3) is 5.65 Å². The predicted octanol–water partition coefficient (Wildman–Crippen LogP) is 1.55. The quantitative estimate of drug-likeness (QED) is 0.930. The fourth-order valence-electron chi connectivity index (χ4n) is 2.80. The average molecular weight is 288 g/mol. The van der Waals surface area contributed by atoms with E-state index in [-0.39, 0.29) is 17.4 Å². The third-order valence-electron chi connectivity index (χ3n) is 3.91. The summed E-state index contributed by atoms with van der Waals surface area (Å²) in [6.07, 6.45) is 8.57. The summed E-state index contributed by atoms with van der Waals surface area (Å²) in [6, 6.07) is 0. The van der Waals surface area contributed by atoms with Crippen LogP contribution in [0.1, 0.15) is 32.4 Å². The van der Waals surface area contributed by atoms with Crippen LogP contribution in [0.5, 0.6) is 0 Å². The second-order valence-electron chi connectivity index (χ2n) is 6.07. The lowest BCUT2D eigenvalue weighted by Gasteiger charge is -2.34. The summed E-state index contributed by atoms with van der Waals surface area (Å²) in [5, 5.41) is 3.01. The molecule has 1 amide bonds. The number of hydrogen-bond donors (Lipinski definition) is 1. The first-order valence-electron chi connectivity index (χ1n) is 7.23. The second kappa shape index (κ2) is 5.44. The molecule has 1 N–H and O–H groups in total. The zero-order valence-corrected chi connectivity index (χ0v) is 12.4. The monoisotopic (exact) mass is 288 g/mol. The van der Waals surface area contributed by atoms with Gasteiger partial charge in [-0.1, -0.05) is 0 Å². The minimum atomic E-state index is -0.213. The third-order valence-corrected chi connectivity index (χ3v) is 3.91. The minimum Gasteiger partial charge on any atom is -0.376 e. The molecule has 1 aliphatic heterocycles. The molecule has 3 heterocycles.